The number of amides is 2. The number of rotatable bonds is 9. The van der Waals surface area contributed by atoms with Crippen molar-refractivity contribution in [1.29, 1.82) is 0 Å². The van der Waals surface area contributed by atoms with Crippen LogP contribution in [0.1, 0.15) is 26.2 Å². The second kappa shape index (κ2) is 10.8. The van der Waals surface area contributed by atoms with E-state index in [9.17, 15) is 9.59 Å². The average molecular weight is 426 g/mol. The molecule has 0 atom stereocenters. The van der Waals surface area contributed by atoms with Gasteiger partial charge in [0.15, 0.2) is 5.13 Å². The van der Waals surface area contributed by atoms with Crippen LogP contribution in [0.15, 0.2) is 64.9 Å². The van der Waals surface area contributed by atoms with Crippen LogP contribution >= 0.6 is 23.1 Å². The standard InChI is InChI=1S/C22H23N3O2S2/c1-2-3-12-20(26)23-17-10-7-11-18(13-17)28-15-21(27)25-22-24-19(14-29-22)16-8-5-4-6-9-16/h4-11,13-14H,2-3,12,15H2,1H3,(H,23,26)(H,24,25,27). The van der Waals surface area contributed by atoms with Gasteiger partial charge in [0.05, 0.1) is 11.4 Å². The highest BCUT2D eigenvalue weighted by Gasteiger charge is 2.09. The van der Waals surface area contributed by atoms with Crippen LogP contribution in [0.4, 0.5) is 10.8 Å². The Morgan fingerprint density at radius 1 is 1.03 bits per heavy atom. The lowest BCUT2D eigenvalue weighted by Gasteiger charge is -2.07. The number of nitrogens with one attached hydrogen (secondary N) is 2. The molecule has 3 rings (SSSR count). The fourth-order valence-electron chi connectivity index (χ4n) is 2.60. The molecule has 2 N–H and O–H groups in total. The number of nitrogens with zero attached hydrogens (tertiary/aromatic N) is 1. The Morgan fingerprint density at radius 2 is 1.86 bits per heavy atom. The maximum Gasteiger partial charge on any atom is 0.236 e. The molecule has 0 saturated carbocycles. The monoisotopic (exact) mass is 425 g/mol. The molecule has 0 fully saturated rings. The SMILES string of the molecule is CCCCC(=O)Nc1cccc(SCC(=O)Nc2nc(-c3ccccc3)cs2)c1. The summed E-state index contributed by atoms with van der Waals surface area (Å²) >= 11 is 2.83. The first-order chi connectivity index (χ1) is 14.1. The number of thioether (sulfide) groups is 1. The molecule has 0 spiro atoms. The Kier molecular flexibility index (Phi) is 7.84. The number of benzene rings is 2. The van der Waals surface area contributed by atoms with E-state index in [4.69, 9.17) is 0 Å². The minimum atomic E-state index is -0.110. The van der Waals surface area contributed by atoms with Gasteiger partial charge in [-0.05, 0) is 24.6 Å². The fraction of sp³-hybridized carbons (Fsp3) is 0.227. The number of carbonyl (C=O) groups excluding carboxylic acids is 2. The summed E-state index contributed by atoms with van der Waals surface area (Å²) in [6.45, 7) is 2.06. The van der Waals surface area contributed by atoms with E-state index >= 15 is 0 Å². The lowest BCUT2D eigenvalue weighted by atomic mass is 10.2. The minimum Gasteiger partial charge on any atom is -0.326 e. The molecule has 0 aliphatic rings. The summed E-state index contributed by atoms with van der Waals surface area (Å²) in [4.78, 5) is 29.6. The van der Waals surface area contributed by atoms with Crippen LogP contribution in [0.2, 0.25) is 0 Å². The van der Waals surface area contributed by atoms with Crippen molar-refractivity contribution < 1.29 is 9.59 Å². The van der Waals surface area contributed by atoms with Gasteiger partial charge < -0.3 is 10.6 Å². The molecule has 5 nitrogen and oxygen atoms in total. The van der Waals surface area contributed by atoms with Gasteiger partial charge in [-0.25, -0.2) is 4.98 Å². The van der Waals surface area contributed by atoms with Gasteiger partial charge in [-0.3, -0.25) is 9.59 Å². The molecule has 150 valence electrons. The van der Waals surface area contributed by atoms with Crippen LogP contribution in [0.5, 0.6) is 0 Å². The molecule has 2 amide bonds. The third kappa shape index (κ3) is 6.73. The van der Waals surface area contributed by atoms with Crippen LogP contribution in [-0.4, -0.2) is 22.6 Å². The molecule has 7 heteroatoms. The summed E-state index contributed by atoms with van der Waals surface area (Å²) in [5.74, 6) is 0.180. The molecule has 29 heavy (non-hydrogen) atoms. The lowest BCUT2D eigenvalue weighted by Crippen LogP contribution is -2.14. The van der Waals surface area contributed by atoms with E-state index in [1.54, 1.807) is 0 Å². The Labute approximate surface area is 179 Å². The zero-order chi connectivity index (χ0) is 20.5. The second-order valence-electron chi connectivity index (χ2n) is 6.42. The van der Waals surface area contributed by atoms with Crippen LogP contribution in [0.3, 0.4) is 0 Å². The van der Waals surface area contributed by atoms with Crippen molar-refractivity contribution in [1.82, 2.24) is 4.98 Å². The largest absolute Gasteiger partial charge is 0.326 e. The average Bonchev–Trinajstić information content (AvgIpc) is 3.20. The van der Waals surface area contributed by atoms with Crippen molar-refractivity contribution in [2.75, 3.05) is 16.4 Å². The number of carbonyl (C=O) groups is 2. The third-order valence-electron chi connectivity index (χ3n) is 4.07. The molecule has 1 heterocycles. The highest BCUT2D eigenvalue weighted by molar-refractivity contribution is 8.00. The topological polar surface area (TPSA) is 71.1 Å². The number of thiazole rings is 1. The van der Waals surface area contributed by atoms with E-state index in [-0.39, 0.29) is 17.6 Å². The van der Waals surface area contributed by atoms with Crippen molar-refractivity contribution in [3.8, 4) is 11.3 Å². The van der Waals surface area contributed by atoms with Crippen LogP contribution < -0.4 is 10.6 Å². The smallest absolute Gasteiger partial charge is 0.236 e. The van der Waals surface area contributed by atoms with Crippen molar-refractivity contribution >= 4 is 45.7 Å². The molecule has 0 aliphatic carbocycles. The Bertz CT molecular complexity index is 957. The van der Waals surface area contributed by atoms with E-state index in [2.05, 4.69) is 22.5 Å². The molecular weight excluding hydrogens is 402 g/mol. The minimum absolute atomic E-state index is 0.0183. The first-order valence-corrected chi connectivity index (χ1v) is 11.3. The summed E-state index contributed by atoms with van der Waals surface area (Å²) in [5.41, 5.74) is 2.63. The lowest BCUT2D eigenvalue weighted by molar-refractivity contribution is -0.116. The Morgan fingerprint density at radius 3 is 2.66 bits per heavy atom. The van der Waals surface area contributed by atoms with E-state index in [0.29, 0.717) is 11.6 Å². The molecule has 3 aromatic rings. The summed E-state index contributed by atoms with van der Waals surface area (Å²) in [7, 11) is 0. The molecule has 0 unspecified atom stereocenters. The number of hydrogen-bond acceptors (Lipinski definition) is 5. The van der Waals surface area contributed by atoms with E-state index < -0.39 is 0 Å². The maximum absolute atomic E-state index is 12.3. The van der Waals surface area contributed by atoms with Gasteiger partial charge in [-0.1, -0.05) is 49.7 Å². The van der Waals surface area contributed by atoms with Crippen LogP contribution in [0, 0.1) is 0 Å². The molecule has 0 aliphatic heterocycles. The number of hydrogen-bond donors (Lipinski definition) is 2. The molecule has 0 saturated heterocycles. The zero-order valence-corrected chi connectivity index (χ0v) is 17.8. The highest BCUT2D eigenvalue weighted by atomic mass is 32.2. The summed E-state index contributed by atoms with van der Waals surface area (Å²) in [5, 5.41) is 8.27. The van der Waals surface area contributed by atoms with Crippen molar-refractivity contribution in [2.24, 2.45) is 0 Å². The van der Waals surface area contributed by atoms with Gasteiger partial charge >= 0.3 is 0 Å². The summed E-state index contributed by atoms with van der Waals surface area (Å²) in [6.07, 6.45) is 2.39. The van der Waals surface area contributed by atoms with Crippen molar-refractivity contribution in [3.63, 3.8) is 0 Å². The third-order valence-corrected chi connectivity index (χ3v) is 5.82. The first kappa shape index (κ1) is 21.1. The molecule has 1 aromatic heterocycles. The molecule has 0 radical (unpaired) electrons. The Balaban J connectivity index is 1.50. The van der Waals surface area contributed by atoms with Crippen molar-refractivity contribution in [2.45, 2.75) is 31.1 Å². The van der Waals surface area contributed by atoms with Gasteiger partial charge in [0.25, 0.3) is 0 Å². The number of unbranched alkanes of at least 4 members (excludes halogenated alkanes) is 1. The van der Waals surface area contributed by atoms with E-state index in [0.717, 1.165) is 34.7 Å². The number of anilines is 2. The first-order valence-electron chi connectivity index (χ1n) is 9.47. The quantitative estimate of drug-likeness (QED) is 0.433. The predicted molar refractivity (Wildman–Crippen MR) is 122 cm³/mol. The maximum atomic E-state index is 12.3. The normalized spacial score (nSPS) is 10.5. The van der Waals surface area contributed by atoms with Gasteiger partial charge in [0.2, 0.25) is 11.8 Å². The highest BCUT2D eigenvalue weighted by Crippen LogP contribution is 2.26. The Hall–Kier alpha value is -2.64. The molecular formula is C22H23N3O2S2. The van der Waals surface area contributed by atoms with Gasteiger partial charge in [0, 0.05) is 27.9 Å². The van der Waals surface area contributed by atoms with Gasteiger partial charge in [0.1, 0.15) is 0 Å². The fourth-order valence-corrected chi connectivity index (χ4v) is 4.09. The molecule has 0 bridgehead atoms. The van der Waals surface area contributed by atoms with Gasteiger partial charge in [-0.15, -0.1) is 23.1 Å². The van der Waals surface area contributed by atoms with E-state index in [1.165, 1.54) is 23.1 Å². The summed E-state index contributed by atoms with van der Waals surface area (Å²) < 4.78 is 0. The van der Waals surface area contributed by atoms with Crippen LogP contribution in [0.25, 0.3) is 11.3 Å². The van der Waals surface area contributed by atoms with E-state index in [1.807, 2.05) is 60.0 Å². The molecule has 2 aromatic carbocycles. The zero-order valence-electron chi connectivity index (χ0n) is 16.2. The van der Waals surface area contributed by atoms with Crippen LogP contribution in [-0.2, 0) is 9.59 Å². The summed E-state index contributed by atoms with van der Waals surface area (Å²) in [6, 6.07) is 17.4. The predicted octanol–water partition coefficient (Wildman–Crippen LogP) is 5.67. The van der Waals surface area contributed by atoms with Gasteiger partial charge in [-0.2, -0.15) is 0 Å². The van der Waals surface area contributed by atoms with Crippen molar-refractivity contribution in [3.05, 3.63) is 60.0 Å². The second-order valence-corrected chi connectivity index (χ2v) is 8.33. The number of aromatic nitrogens is 1.